The van der Waals surface area contributed by atoms with Crippen LogP contribution in [0.3, 0.4) is 0 Å². The molecule has 0 unspecified atom stereocenters. The summed E-state index contributed by atoms with van der Waals surface area (Å²) in [5, 5.41) is 0.982. The molecule has 7 heteroatoms. The summed E-state index contributed by atoms with van der Waals surface area (Å²) in [6.45, 7) is 7.95. The molecule has 1 fully saturated rings. The Hall–Kier alpha value is -1.34. The van der Waals surface area contributed by atoms with Crippen molar-refractivity contribution in [2.24, 2.45) is 0 Å². The number of rotatable bonds is 4. The summed E-state index contributed by atoms with van der Waals surface area (Å²) < 4.78 is 5.45. The van der Waals surface area contributed by atoms with E-state index >= 15 is 0 Å². The first-order chi connectivity index (χ1) is 11.3. The lowest BCUT2D eigenvalue weighted by atomic mass is 10.0. The molecule has 1 aliphatic rings. The van der Waals surface area contributed by atoms with E-state index in [0.29, 0.717) is 6.04 Å². The molecule has 0 N–H and O–H groups in total. The molecule has 0 aromatic carbocycles. The fraction of sp³-hybridized carbons (Fsp3) is 0.706. The monoisotopic (exact) mass is 352 g/mol. The van der Waals surface area contributed by atoms with Crippen LogP contribution in [0.4, 0.5) is 4.79 Å². The van der Waals surface area contributed by atoms with Crippen molar-refractivity contribution in [3.63, 3.8) is 0 Å². The molecule has 0 saturated carbocycles. The minimum atomic E-state index is -0.440. The molecule has 0 radical (unpaired) electrons. The Labute approximate surface area is 149 Å². The molecule has 134 valence electrons. The first-order valence-corrected chi connectivity index (χ1v) is 9.54. The quantitative estimate of drug-likeness (QED) is 0.776. The first-order valence-electron chi connectivity index (χ1n) is 8.32. The van der Waals surface area contributed by atoms with E-state index in [0.717, 1.165) is 43.2 Å². The fourth-order valence-corrected chi connectivity index (χ4v) is 3.33. The number of ether oxygens (including phenoxy) is 1. The van der Waals surface area contributed by atoms with Crippen LogP contribution in [-0.4, -0.2) is 63.9 Å². The van der Waals surface area contributed by atoms with E-state index < -0.39 is 5.60 Å². The predicted octanol–water partition coefficient (Wildman–Crippen LogP) is 3.03. The first kappa shape index (κ1) is 19.0. The lowest BCUT2D eigenvalue weighted by Gasteiger charge is -2.37. The van der Waals surface area contributed by atoms with Crippen molar-refractivity contribution in [3.8, 4) is 0 Å². The van der Waals surface area contributed by atoms with Crippen LogP contribution in [0, 0.1) is 0 Å². The normalized spacial score (nSPS) is 16.5. The molecule has 1 aromatic heterocycles. The minimum Gasteiger partial charge on any atom is -0.444 e. The molecule has 0 atom stereocenters. The summed E-state index contributed by atoms with van der Waals surface area (Å²) in [5.74, 6) is 0. The number of amides is 1. The van der Waals surface area contributed by atoms with Crippen LogP contribution in [0.1, 0.15) is 39.3 Å². The van der Waals surface area contributed by atoms with Crippen LogP contribution in [0.5, 0.6) is 0 Å². The lowest BCUT2D eigenvalue weighted by molar-refractivity contribution is 0.0152. The molecule has 24 heavy (non-hydrogen) atoms. The Morgan fingerprint density at radius 2 is 1.96 bits per heavy atom. The Morgan fingerprint density at radius 1 is 1.33 bits per heavy atom. The van der Waals surface area contributed by atoms with E-state index in [1.54, 1.807) is 24.2 Å². The van der Waals surface area contributed by atoms with Crippen LogP contribution in [0.15, 0.2) is 17.4 Å². The molecule has 0 aliphatic carbocycles. The van der Waals surface area contributed by atoms with Gasteiger partial charge >= 0.3 is 6.09 Å². The molecule has 1 amide bonds. The number of carbonyl (C=O) groups is 1. The van der Waals surface area contributed by atoms with Crippen molar-refractivity contribution in [2.75, 3.05) is 26.4 Å². The molecule has 1 saturated heterocycles. The smallest absolute Gasteiger partial charge is 0.410 e. The van der Waals surface area contributed by atoms with E-state index in [-0.39, 0.29) is 6.09 Å². The van der Waals surface area contributed by atoms with Crippen molar-refractivity contribution >= 4 is 17.9 Å². The molecule has 1 aliphatic heterocycles. The standard InChI is InChI=1S/C17H28N4O2S/c1-17(2,3)23-16(22)21-10-6-13(7-11-21)20(4)12-14-15(24-5)19-9-8-18-14/h8-9,13H,6-7,10-12H2,1-5H3. The van der Waals surface area contributed by atoms with Gasteiger partial charge in [0.05, 0.1) is 5.69 Å². The zero-order valence-electron chi connectivity index (χ0n) is 15.3. The Bertz CT molecular complexity index is 554. The lowest BCUT2D eigenvalue weighted by Crippen LogP contribution is -2.46. The predicted molar refractivity (Wildman–Crippen MR) is 96.1 cm³/mol. The number of nitrogens with zero attached hydrogens (tertiary/aromatic N) is 4. The molecule has 2 rings (SSSR count). The second-order valence-electron chi connectivity index (χ2n) is 7.13. The zero-order valence-corrected chi connectivity index (χ0v) is 16.1. The van der Waals surface area contributed by atoms with Gasteiger partial charge in [-0.25, -0.2) is 9.78 Å². The van der Waals surface area contributed by atoms with E-state index in [1.165, 1.54) is 0 Å². The van der Waals surface area contributed by atoms with Crippen LogP contribution in [0.25, 0.3) is 0 Å². The van der Waals surface area contributed by atoms with Crippen molar-refractivity contribution in [3.05, 3.63) is 18.1 Å². The number of aromatic nitrogens is 2. The number of carbonyl (C=O) groups excluding carboxylic acids is 1. The van der Waals surface area contributed by atoms with Crippen LogP contribution >= 0.6 is 11.8 Å². The molecule has 6 nitrogen and oxygen atoms in total. The SMILES string of the molecule is CSc1nccnc1CN(C)C1CCN(C(=O)OC(C)(C)C)CC1. The Morgan fingerprint density at radius 3 is 2.54 bits per heavy atom. The third-order valence-corrected chi connectivity index (χ3v) is 4.80. The second-order valence-corrected chi connectivity index (χ2v) is 7.92. The van der Waals surface area contributed by atoms with Gasteiger partial charge in [0.25, 0.3) is 0 Å². The van der Waals surface area contributed by atoms with Crippen LogP contribution < -0.4 is 0 Å². The number of hydrogen-bond donors (Lipinski definition) is 0. The maximum atomic E-state index is 12.1. The molecule has 0 bridgehead atoms. The summed E-state index contributed by atoms with van der Waals surface area (Å²) in [6, 6.07) is 0.445. The Balaban J connectivity index is 1.86. The molecule has 1 aromatic rings. The third-order valence-electron chi connectivity index (χ3n) is 4.07. The average Bonchev–Trinajstić information content (AvgIpc) is 2.54. The van der Waals surface area contributed by atoms with Crippen molar-refractivity contribution in [1.82, 2.24) is 19.8 Å². The van der Waals surface area contributed by atoms with Crippen molar-refractivity contribution in [2.45, 2.75) is 56.8 Å². The van der Waals surface area contributed by atoms with E-state index in [1.807, 2.05) is 31.9 Å². The second kappa shape index (κ2) is 8.16. The Kier molecular flexibility index (Phi) is 6.46. The summed E-state index contributed by atoms with van der Waals surface area (Å²) in [6.07, 6.45) is 7.19. The van der Waals surface area contributed by atoms with E-state index in [4.69, 9.17) is 4.74 Å². The van der Waals surface area contributed by atoms with Gasteiger partial charge in [0, 0.05) is 38.1 Å². The highest BCUT2D eigenvalue weighted by Crippen LogP contribution is 2.21. The van der Waals surface area contributed by atoms with Crippen molar-refractivity contribution < 1.29 is 9.53 Å². The van der Waals surface area contributed by atoms with Gasteiger partial charge in [-0.3, -0.25) is 9.88 Å². The summed E-state index contributed by atoms with van der Waals surface area (Å²) >= 11 is 1.62. The van der Waals surface area contributed by atoms with E-state index in [2.05, 4.69) is 21.9 Å². The maximum Gasteiger partial charge on any atom is 0.410 e. The number of piperidine rings is 1. The summed E-state index contributed by atoms with van der Waals surface area (Å²) in [4.78, 5) is 25.1. The zero-order chi connectivity index (χ0) is 17.7. The fourth-order valence-electron chi connectivity index (χ4n) is 2.81. The van der Waals surface area contributed by atoms with Gasteiger partial charge in [-0.15, -0.1) is 11.8 Å². The summed E-state index contributed by atoms with van der Waals surface area (Å²) in [7, 11) is 2.12. The molecular formula is C17H28N4O2S. The largest absolute Gasteiger partial charge is 0.444 e. The van der Waals surface area contributed by atoms with Gasteiger partial charge in [0.2, 0.25) is 0 Å². The molecular weight excluding hydrogens is 324 g/mol. The van der Waals surface area contributed by atoms with Gasteiger partial charge in [-0.1, -0.05) is 0 Å². The van der Waals surface area contributed by atoms with Gasteiger partial charge in [0.15, 0.2) is 0 Å². The van der Waals surface area contributed by atoms with Crippen molar-refractivity contribution in [1.29, 1.82) is 0 Å². The third kappa shape index (κ3) is 5.34. The van der Waals surface area contributed by atoms with E-state index in [9.17, 15) is 4.79 Å². The van der Waals surface area contributed by atoms with Gasteiger partial charge in [-0.05, 0) is 46.9 Å². The topological polar surface area (TPSA) is 58.6 Å². The summed E-state index contributed by atoms with van der Waals surface area (Å²) in [5.41, 5.74) is 0.576. The van der Waals surface area contributed by atoms with Crippen LogP contribution in [-0.2, 0) is 11.3 Å². The highest BCUT2D eigenvalue weighted by atomic mass is 32.2. The minimum absolute atomic E-state index is 0.206. The average molecular weight is 353 g/mol. The van der Waals surface area contributed by atoms with Gasteiger partial charge < -0.3 is 9.64 Å². The number of thioether (sulfide) groups is 1. The highest BCUT2D eigenvalue weighted by molar-refractivity contribution is 7.98. The van der Waals surface area contributed by atoms with Gasteiger partial charge in [0.1, 0.15) is 10.6 Å². The number of hydrogen-bond acceptors (Lipinski definition) is 6. The van der Waals surface area contributed by atoms with Crippen LogP contribution in [0.2, 0.25) is 0 Å². The maximum absolute atomic E-state index is 12.1. The molecule has 2 heterocycles. The molecule has 0 spiro atoms. The number of likely N-dealkylation sites (tertiary alicyclic amines) is 1. The highest BCUT2D eigenvalue weighted by Gasteiger charge is 2.28. The van der Waals surface area contributed by atoms with Gasteiger partial charge in [-0.2, -0.15) is 0 Å².